The molecule has 0 radical (unpaired) electrons. The number of rotatable bonds is 13. The second-order valence-corrected chi connectivity index (χ2v) is 7.07. The van der Waals surface area contributed by atoms with Crippen molar-refractivity contribution in [2.45, 2.75) is 91.1 Å². The first kappa shape index (κ1) is 22.4. The van der Waals surface area contributed by atoms with Crippen LogP contribution in [0.1, 0.15) is 79.1 Å². The Morgan fingerprint density at radius 3 is 1.83 bits per heavy atom. The predicted molar refractivity (Wildman–Crippen MR) is 94.6 cm³/mol. The van der Waals surface area contributed by atoms with Gasteiger partial charge in [-0.1, -0.05) is 39.5 Å². The summed E-state index contributed by atoms with van der Waals surface area (Å²) in [5, 5.41) is 14.5. The van der Waals surface area contributed by atoms with Crippen molar-refractivity contribution < 1.29 is 19.5 Å². The first-order chi connectivity index (χ1) is 11.2. The topological polar surface area (TPSA) is 95.5 Å². The molecule has 0 heterocycles. The van der Waals surface area contributed by atoms with Gasteiger partial charge in [0, 0.05) is 18.9 Å². The monoisotopic (exact) mass is 342 g/mol. The van der Waals surface area contributed by atoms with Crippen LogP contribution in [0.15, 0.2) is 0 Å². The summed E-state index contributed by atoms with van der Waals surface area (Å²) in [4.78, 5) is 34.5. The van der Waals surface area contributed by atoms with Crippen LogP contribution in [0.4, 0.5) is 0 Å². The van der Waals surface area contributed by atoms with E-state index in [0.717, 1.165) is 25.7 Å². The number of carbonyl (C=O) groups excluding carboxylic acids is 2. The van der Waals surface area contributed by atoms with Gasteiger partial charge >= 0.3 is 5.97 Å². The van der Waals surface area contributed by atoms with Crippen LogP contribution in [0.5, 0.6) is 0 Å². The molecule has 0 bridgehead atoms. The highest BCUT2D eigenvalue weighted by Crippen LogP contribution is 2.11. The summed E-state index contributed by atoms with van der Waals surface area (Å²) in [6.45, 7) is 8.09. The summed E-state index contributed by atoms with van der Waals surface area (Å²) in [5.74, 6) is -0.725. The van der Waals surface area contributed by atoms with Gasteiger partial charge in [0.1, 0.15) is 6.04 Å². The van der Waals surface area contributed by atoms with Crippen molar-refractivity contribution in [3.05, 3.63) is 0 Å². The van der Waals surface area contributed by atoms with Crippen molar-refractivity contribution in [1.82, 2.24) is 10.6 Å². The van der Waals surface area contributed by atoms with E-state index in [4.69, 9.17) is 0 Å². The van der Waals surface area contributed by atoms with E-state index in [1.165, 1.54) is 0 Å². The van der Waals surface area contributed by atoms with Crippen molar-refractivity contribution in [2.75, 3.05) is 0 Å². The molecular formula is C18H34N2O4. The zero-order valence-electron chi connectivity index (χ0n) is 15.6. The molecule has 0 rings (SSSR count). The van der Waals surface area contributed by atoms with Gasteiger partial charge in [-0.3, -0.25) is 9.59 Å². The molecule has 0 aliphatic carbocycles. The average Bonchev–Trinajstić information content (AvgIpc) is 2.44. The van der Waals surface area contributed by atoms with E-state index in [1.807, 2.05) is 13.8 Å². The van der Waals surface area contributed by atoms with E-state index < -0.39 is 12.0 Å². The summed E-state index contributed by atoms with van der Waals surface area (Å²) < 4.78 is 0. The molecule has 1 unspecified atom stereocenters. The van der Waals surface area contributed by atoms with Crippen molar-refractivity contribution in [3.8, 4) is 0 Å². The molecule has 0 saturated heterocycles. The van der Waals surface area contributed by atoms with Crippen LogP contribution >= 0.6 is 0 Å². The van der Waals surface area contributed by atoms with Gasteiger partial charge in [0.15, 0.2) is 0 Å². The highest BCUT2D eigenvalue weighted by molar-refractivity contribution is 5.84. The van der Waals surface area contributed by atoms with Gasteiger partial charge in [-0.25, -0.2) is 4.79 Å². The molecular weight excluding hydrogens is 308 g/mol. The highest BCUT2D eigenvalue weighted by atomic mass is 16.4. The van der Waals surface area contributed by atoms with Gasteiger partial charge in [-0.05, 0) is 32.6 Å². The fraction of sp³-hybridized carbons (Fsp3) is 0.833. The lowest BCUT2D eigenvalue weighted by molar-refractivity contribution is -0.142. The minimum Gasteiger partial charge on any atom is -0.480 e. The lowest BCUT2D eigenvalue weighted by Gasteiger charge is -2.15. The zero-order chi connectivity index (χ0) is 18.5. The molecule has 0 aromatic heterocycles. The molecule has 6 nitrogen and oxygen atoms in total. The molecule has 0 spiro atoms. The third-order valence-corrected chi connectivity index (χ3v) is 3.66. The lowest BCUT2D eigenvalue weighted by atomic mass is 10.0. The largest absolute Gasteiger partial charge is 0.480 e. The SMILES string of the molecule is CC(C)CCCCCC(NC(=O)CCCC(=O)NC(C)C)C(=O)O. The summed E-state index contributed by atoms with van der Waals surface area (Å²) in [5.41, 5.74) is 0. The summed E-state index contributed by atoms with van der Waals surface area (Å²) in [6, 6.07) is -0.751. The molecule has 1 atom stereocenters. The molecule has 0 saturated carbocycles. The number of amides is 2. The molecule has 6 heteroatoms. The van der Waals surface area contributed by atoms with Gasteiger partial charge in [-0.2, -0.15) is 0 Å². The van der Waals surface area contributed by atoms with E-state index in [-0.39, 0.29) is 30.7 Å². The van der Waals surface area contributed by atoms with E-state index >= 15 is 0 Å². The Labute approximate surface area is 145 Å². The number of hydrogen-bond acceptors (Lipinski definition) is 3. The summed E-state index contributed by atoms with van der Waals surface area (Å²) in [7, 11) is 0. The Hall–Kier alpha value is -1.59. The standard InChI is InChI=1S/C18H34N2O4/c1-13(2)9-6-5-7-10-15(18(23)24)20-17(22)12-8-11-16(21)19-14(3)4/h13-15H,5-12H2,1-4H3,(H,19,21)(H,20,22)(H,23,24). The Bertz CT molecular complexity index is 394. The van der Waals surface area contributed by atoms with E-state index in [0.29, 0.717) is 18.8 Å². The van der Waals surface area contributed by atoms with Gasteiger partial charge in [-0.15, -0.1) is 0 Å². The Morgan fingerprint density at radius 1 is 0.792 bits per heavy atom. The first-order valence-electron chi connectivity index (χ1n) is 9.04. The fourth-order valence-corrected chi connectivity index (χ4v) is 2.41. The minimum atomic E-state index is -0.996. The molecule has 2 amide bonds. The number of carboxylic acid groups (broad SMARTS) is 1. The van der Waals surface area contributed by atoms with Gasteiger partial charge in [0.05, 0.1) is 0 Å². The van der Waals surface area contributed by atoms with Crippen molar-refractivity contribution in [2.24, 2.45) is 5.92 Å². The molecule has 3 N–H and O–H groups in total. The smallest absolute Gasteiger partial charge is 0.326 e. The number of aliphatic carboxylic acids is 1. The maximum absolute atomic E-state index is 11.8. The minimum absolute atomic E-state index is 0.0819. The van der Waals surface area contributed by atoms with Gasteiger partial charge in [0.25, 0.3) is 0 Å². The first-order valence-corrected chi connectivity index (χ1v) is 9.04. The Kier molecular flexibility index (Phi) is 11.9. The quantitative estimate of drug-likeness (QED) is 0.448. The third kappa shape index (κ3) is 12.9. The molecule has 0 aliphatic rings. The predicted octanol–water partition coefficient (Wildman–Crippen LogP) is 2.86. The molecule has 0 aromatic carbocycles. The number of nitrogens with one attached hydrogen (secondary N) is 2. The Morgan fingerprint density at radius 2 is 1.33 bits per heavy atom. The van der Waals surface area contributed by atoms with Crippen molar-refractivity contribution >= 4 is 17.8 Å². The van der Waals surface area contributed by atoms with Crippen LogP contribution in [0, 0.1) is 5.92 Å². The molecule has 140 valence electrons. The molecule has 0 aromatic rings. The summed E-state index contributed by atoms with van der Waals surface area (Å²) in [6.07, 6.45) is 5.32. The lowest BCUT2D eigenvalue weighted by Crippen LogP contribution is -2.40. The normalized spacial score (nSPS) is 12.2. The van der Waals surface area contributed by atoms with Crippen LogP contribution in [0.2, 0.25) is 0 Å². The van der Waals surface area contributed by atoms with E-state index in [1.54, 1.807) is 0 Å². The van der Waals surface area contributed by atoms with Crippen molar-refractivity contribution in [3.63, 3.8) is 0 Å². The van der Waals surface area contributed by atoms with Crippen LogP contribution < -0.4 is 10.6 Å². The fourth-order valence-electron chi connectivity index (χ4n) is 2.41. The van der Waals surface area contributed by atoms with Gasteiger partial charge in [0.2, 0.25) is 11.8 Å². The number of carbonyl (C=O) groups is 3. The number of hydrogen-bond donors (Lipinski definition) is 3. The van der Waals surface area contributed by atoms with Crippen LogP contribution in [0.25, 0.3) is 0 Å². The maximum Gasteiger partial charge on any atom is 0.326 e. The number of carboxylic acids is 1. The van der Waals surface area contributed by atoms with E-state index in [9.17, 15) is 19.5 Å². The second kappa shape index (κ2) is 12.8. The molecule has 24 heavy (non-hydrogen) atoms. The molecule has 0 aliphatic heterocycles. The van der Waals surface area contributed by atoms with E-state index in [2.05, 4.69) is 24.5 Å². The molecule has 0 fully saturated rings. The highest BCUT2D eigenvalue weighted by Gasteiger charge is 2.19. The average molecular weight is 342 g/mol. The van der Waals surface area contributed by atoms with Crippen LogP contribution in [-0.4, -0.2) is 35.0 Å². The maximum atomic E-state index is 11.8. The van der Waals surface area contributed by atoms with Crippen LogP contribution in [-0.2, 0) is 14.4 Å². The second-order valence-electron chi connectivity index (χ2n) is 7.07. The third-order valence-electron chi connectivity index (χ3n) is 3.66. The van der Waals surface area contributed by atoms with Crippen LogP contribution in [0.3, 0.4) is 0 Å². The Balaban J connectivity index is 3.98. The number of unbranched alkanes of at least 4 members (excludes halogenated alkanes) is 2. The zero-order valence-corrected chi connectivity index (χ0v) is 15.6. The van der Waals surface area contributed by atoms with Gasteiger partial charge < -0.3 is 15.7 Å². The van der Waals surface area contributed by atoms with Crippen molar-refractivity contribution in [1.29, 1.82) is 0 Å². The summed E-state index contributed by atoms with van der Waals surface area (Å²) >= 11 is 0.